The molecular weight excluding hydrogens is 436 g/mol. The van der Waals surface area contributed by atoms with Crippen LogP contribution >= 0.6 is 24.0 Å². The Balaban J connectivity index is 1.74. The topological polar surface area (TPSA) is 34.5 Å². The van der Waals surface area contributed by atoms with Gasteiger partial charge in [0.25, 0.3) is 5.91 Å². The Hall–Kier alpha value is -2.83. The normalized spacial score (nSPS) is 15.2. The first-order chi connectivity index (χ1) is 15.3. The van der Waals surface area contributed by atoms with Crippen LogP contribution in [0.3, 0.4) is 0 Å². The number of hydrogen-bond acceptors (Lipinski definition) is 4. The number of benzene rings is 2. The summed E-state index contributed by atoms with van der Waals surface area (Å²) in [5, 5.41) is 0. The van der Waals surface area contributed by atoms with E-state index in [0.29, 0.717) is 27.3 Å². The lowest BCUT2D eigenvalue weighted by atomic mass is 10.1. The maximum Gasteiger partial charge on any atom is 0.270 e. The molecular formula is C26H26N2O2S2. The Labute approximate surface area is 198 Å². The monoisotopic (exact) mass is 462 g/mol. The van der Waals surface area contributed by atoms with E-state index in [9.17, 15) is 4.79 Å². The smallest absolute Gasteiger partial charge is 0.270 e. The number of rotatable bonds is 5. The van der Waals surface area contributed by atoms with E-state index in [1.54, 1.807) is 4.90 Å². The fourth-order valence-electron chi connectivity index (χ4n) is 4.17. The summed E-state index contributed by atoms with van der Waals surface area (Å²) in [5.41, 5.74) is 7.56. The Morgan fingerprint density at radius 1 is 1.03 bits per heavy atom. The molecule has 1 aliphatic rings. The van der Waals surface area contributed by atoms with Gasteiger partial charge >= 0.3 is 0 Å². The highest BCUT2D eigenvalue weighted by atomic mass is 32.2. The number of aromatic nitrogens is 1. The number of carbonyl (C=O) groups excluding carboxylic acids is 1. The molecule has 6 heteroatoms. The SMILES string of the molecule is CCOc1ccccc1N1C(=O)C(=Cc2cc(C)n(-c3c(C)cccc3C)c2C)SC1=S. The summed E-state index contributed by atoms with van der Waals surface area (Å²) in [5.74, 6) is 0.532. The van der Waals surface area contributed by atoms with Crippen LogP contribution in [0.15, 0.2) is 53.4 Å². The quantitative estimate of drug-likeness (QED) is 0.319. The fourth-order valence-corrected chi connectivity index (χ4v) is 5.45. The van der Waals surface area contributed by atoms with Crippen LogP contribution in [0.2, 0.25) is 0 Å². The average Bonchev–Trinajstić information content (AvgIpc) is 3.18. The number of ether oxygens (including phenoxy) is 1. The molecule has 1 amide bonds. The van der Waals surface area contributed by atoms with E-state index in [0.717, 1.165) is 17.0 Å². The van der Waals surface area contributed by atoms with Gasteiger partial charge in [0.05, 0.1) is 22.9 Å². The molecule has 3 aromatic rings. The van der Waals surface area contributed by atoms with Gasteiger partial charge in [0, 0.05) is 11.4 Å². The van der Waals surface area contributed by atoms with Gasteiger partial charge in [0.1, 0.15) is 5.75 Å². The molecule has 1 aromatic heterocycles. The minimum absolute atomic E-state index is 0.121. The molecule has 0 N–H and O–H groups in total. The second-order valence-electron chi connectivity index (χ2n) is 7.82. The zero-order chi connectivity index (χ0) is 23.0. The van der Waals surface area contributed by atoms with Crippen molar-refractivity contribution in [1.29, 1.82) is 0 Å². The summed E-state index contributed by atoms with van der Waals surface area (Å²) >= 11 is 6.91. The molecule has 0 aliphatic carbocycles. The largest absolute Gasteiger partial charge is 0.492 e. The third-order valence-corrected chi connectivity index (χ3v) is 6.92. The molecule has 0 spiro atoms. The van der Waals surface area contributed by atoms with Gasteiger partial charge in [-0.05, 0) is 75.6 Å². The van der Waals surface area contributed by atoms with Gasteiger partial charge in [-0.25, -0.2) is 0 Å². The van der Waals surface area contributed by atoms with Crippen LogP contribution in [0.5, 0.6) is 5.75 Å². The van der Waals surface area contributed by atoms with E-state index in [4.69, 9.17) is 17.0 Å². The third kappa shape index (κ3) is 3.89. The standard InChI is InChI=1S/C26H26N2O2S2/c1-6-30-22-13-8-7-12-21(22)28-25(29)23(32-26(28)31)15-20-14-18(4)27(19(20)5)24-16(2)10-9-11-17(24)3/h7-15H,6H2,1-5H3. The highest BCUT2D eigenvalue weighted by molar-refractivity contribution is 8.27. The molecule has 0 bridgehead atoms. The lowest BCUT2D eigenvalue weighted by Crippen LogP contribution is -2.28. The first-order valence-corrected chi connectivity index (χ1v) is 11.8. The maximum atomic E-state index is 13.3. The van der Waals surface area contributed by atoms with Crippen LogP contribution in [0, 0.1) is 27.7 Å². The number of aryl methyl sites for hydroxylation is 3. The van der Waals surface area contributed by atoms with E-state index in [1.807, 2.05) is 37.3 Å². The molecule has 1 saturated heterocycles. The highest BCUT2D eigenvalue weighted by Crippen LogP contribution is 2.40. The summed E-state index contributed by atoms with van der Waals surface area (Å²) in [6.07, 6.45) is 1.95. The van der Waals surface area contributed by atoms with Crippen LogP contribution in [-0.2, 0) is 4.79 Å². The lowest BCUT2D eigenvalue weighted by molar-refractivity contribution is -0.113. The predicted molar refractivity (Wildman–Crippen MR) is 138 cm³/mol. The molecule has 1 fully saturated rings. The Morgan fingerprint density at radius 3 is 2.41 bits per heavy atom. The lowest BCUT2D eigenvalue weighted by Gasteiger charge is -2.18. The van der Waals surface area contributed by atoms with E-state index in [2.05, 4.69) is 56.5 Å². The number of thiocarbonyl (C=S) groups is 1. The number of thioether (sulfide) groups is 1. The van der Waals surface area contributed by atoms with Crippen molar-refractivity contribution in [2.24, 2.45) is 0 Å². The number of carbonyl (C=O) groups is 1. The van der Waals surface area contributed by atoms with Gasteiger partial charge in [-0.15, -0.1) is 0 Å². The van der Waals surface area contributed by atoms with Crippen molar-refractivity contribution in [2.45, 2.75) is 34.6 Å². The molecule has 2 heterocycles. The van der Waals surface area contributed by atoms with Crippen molar-refractivity contribution >= 4 is 46.0 Å². The van der Waals surface area contributed by atoms with Crippen LogP contribution in [0.4, 0.5) is 5.69 Å². The van der Waals surface area contributed by atoms with Crippen molar-refractivity contribution in [2.75, 3.05) is 11.5 Å². The molecule has 4 nitrogen and oxygen atoms in total. The number of nitrogens with zero attached hydrogens (tertiary/aromatic N) is 2. The zero-order valence-corrected chi connectivity index (χ0v) is 20.6. The van der Waals surface area contributed by atoms with Crippen molar-refractivity contribution in [3.05, 3.63) is 81.5 Å². The summed E-state index contributed by atoms with van der Waals surface area (Å²) < 4.78 is 8.50. The molecule has 0 atom stereocenters. The molecule has 0 unspecified atom stereocenters. The van der Waals surface area contributed by atoms with E-state index < -0.39 is 0 Å². The summed E-state index contributed by atoms with van der Waals surface area (Å²) in [7, 11) is 0. The van der Waals surface area contributed by atoms with Crippen molar-refractivity contribution in [1.82, 2.24) is 4.57 Å². The van der Waals surface area contributed by atoms with Gasteiger partial charge in [-0.2, -0.15) is 0 Å². The Morgan fingerprint density at radius 2 is 1.72 bits per heavy atom. The molecule has 32 heavy (non-hydrogen) atoms. The van der Waals surface area contributed by atoms with Crippen LogP contribution in [-0.4, -0.2) is 21.4 Å². The van der Waals surface area contributed by atoms with Crippen LogP contribution in [0.1, 0.15) is 35.0 Å². The Kier molecular flexibility index (Phi) is 6.26. The van der Waals surface area contributed by atoms with Gasteiger partial charge in [-0.3, -0.25) is 9.69 Å². The second-order valence-corrected chi connectivity index (χ2v) is 9.50. The van der Waals surface area contributed by atoms with Gasteiger partial charge in [-0.1, -0.05) is 54.3 Å². The molecule has 2 aromatic carbocycles. The molecule has 164 valence electrons. The van der Waals surface area contributed by atoms with E-state index in [1.165, 1.54) is 28.6 Å². The van der Waals surface area contributed by atoms with E-state index in [-0.39, 0.29) is 5.91 Å². The minimum Gasteiger partial charge on any atom is -0.492 e. The van der Waals surface area contributed by atoms with Gasteiger partial charge < -0.3 is 9.30 Å². The van der Waals surface area contributed by atoms with Crippen molar-refractivity contribution < 1.29 is 9.53 Å². The number of hydrogen-bond donors (Lipinski definition) is 0. The average molecular weight is 463 g/mol. The summed E-state index contributed by atoms with van der Waals surface area (Å²) in [6.45, 7) is 10.9. The van der Waals surface area contributed by atoms with E-state index >= 15 is 0 Å². The first kappa shape index (κ1) is 22.4. The molecule has 4 rings (SSSR count). The minimum atomic E-state index is -0.121. The number of amides is 1. The summed E-state index contributed by atoms with van der Waals surface area (Å²) in [6, 6.07) is 16.0. The molecule has 0 radical (unpaired) electrons. The van der Waals surface area contributed by atoms with Gasteiger partial charge in [0.15, 0.2) is 4.32 Å². The van der Waals surface area contributed by atoms with Gasteiger partial charge in [0.2, 0.25) is 0 Å². The summed E-state index contributed by atoms with van der Waals surface area (Å²) in [4.78, 5) is 15.5. The fraction of sp³-hybridized carbons (Fsp3) is 0.231. The number of para-hydroxylation sites is 3. The molecule has 0 saturated carbocycles. The van der Waals surface area contributed by atoms with Crippen LogP contribution < -0.4 is 9.64 Å². The predicted octanol–water partition coefficient (Wildman–Crippen LogP) is 6.52. The highest BCUT2D eigenvalue weighted by Gasteiger charge is 2.35. The molecule has 1 aliphatic heterocycles. The van der Waals surface area contributed by atoms with Crippen molar-refractivity contribution in [3.63, 3.8) is 0 Å². The maximum absolute atomic E-state index is 13.3. The van der Waals surface area contributed by atoms with Crippen molar-refractivity contribution in [3.8, 4) is 11.4 Å². The first-order valence-electron chi connectivity index (χ1n) is 10.6. The second kappa shape index (κ2) is 8.96. The third-order valence-electron chi connectivity index (χ3n) is 5.62. The Bertz CT molecular complexity index is 1240. The zero-order valence-electron chi connectivity index (χ0n) is 18.9. The van der Waals surface area contributed by atoms with Crippen LogP contribution in [0.25, 0.3) is 11.8 Å². The number of anilines is 1.